The van der Waals surface area contributed by atoms with Crippen LogP contribution in [-0.4, -0.2) is 49.0 Å². The fourth-order valence-electron chi connectivity index (χ4n) is 2.11. The second-order valence-electron chi connectivity index (χ2n) is 5.02. The van der Waals surface area contributed by atoms with Crippen LogP contribution in [0.4, 0.5) is 0 Å². The zero-order chi connectivity index (χ0) is 14.3. The van der Waals surface area contributed by atoms with Crippen molar-refractivity contribution in [2.75, 3.05) is 33.0 Å². The van der Waals surface area contributed by atoms with Gasteiger partial charge in [-0.25, -0.2) is 0 Å². The zero-order valence-corrected chi connectivity index (χ0v) is 11.4. The Balaban J connectivity index is 1.74. The van der Waals surface area contributed by atoms with Gasteiger partial charge in [0.05, 0.1) is 12.8 Å². The van der Waals surface area contributed by atoms with E-state index in [9.17, 15) is 9.90 Å². The largest absolute Gasteiger partial charge is 0.482 e. The molecule has 1 aliphatic rings. The summed E-state index contributed by atoms with van der Waals surface area (Å²) in [5.41, 5.74) is -0.262. The maximum absolute atomic E-state index is 11.7. The summed E-state index contributed by atoms with van der Waals surface area (Å²) in [6.45, 7) is 1.71. The summed E-state index contributed by atoms with van der Waals surface area (Å²) in [7, 11) is 0. The lowest BCUT2D eigenvalue weighted by Crippen LogP contribution is -2.44. The van der Waals surface area contributed by atoms with Gasteiger partial charge in [0.25, 0.3) is 5.91 Å². The van der Waals surface area contributed by atoms with Gasteiger partial charge in [-0.1, -0.05) is 0 Å². The summed E-state index contributed by atoms with van der Waals surface area (Å²) in [4.78, 5) is 15.7. The number of amides is 1. The smallest absolute Gasteiger partial charge is 0.257 e. The van der Waals surface area contributed by atoms with E-state index in [0.717, 1.165) is 12.8 Å². The molecule has 0 bridgehead atoms. The zero-order valence-electron chi connectivity index (χ0n) is 11.4. The average Bonchev–Trinajstić information content (AvgIpc) is 2.53. The molecule has 6 nitrogen and oxygen atoms in total. The SMILES string of the molecule is O=C(COc1cccnc1)NCC1(CO)CCOCC1. The molecule has 6 heteroatoms. The third-order valence-electron chi connectivity index (χ3n) is 3.55. The number of nitrogens with one attached hydrogen (secondary N) is 1. The summed E-state index contributed by atoms with van der Waals surface area (Å²) < 4.78 is 10.6. The Kier molecular flexibility index (Phi) is 5.31. The quantitative estimate of drug-likeness (QED) is 0.786. The van der Waals surface area contributed by atoms with E-state index in [4.69, 9.17) is 9.47 Å². The normalized spacial score (nSPS) is 17.4. The van der Waals surface area contributed by atoms with Crippen LogP contribution in [0.2, 0.25) is 0 Å². The number of hydrogen-bond donors (Lipinski definition) is 2. The fourth-order valence-corrected chi connectivity index (χ4v) is 2.11. The molecule has 0 atom stereocenters. The van der Waals surface area contributed by atoms with Gasteiger partial charge in [0, 0.05) is 31.4 Å². The third-order valence-corrected chi connectivity index (χ3v) is 3.55. The molecule has 110 valence electrons. The Labute approximate surface area is 118 Å². The van der Waals surface area contributed by atoms with Crippen molar-refractivity contribution in [3.8, 4) is 5.75 Å². The van der Waals surface area contributed by atoms with E-state index in [0.29, 0.717) is 25.5 Å². The van der Waals surface area contributed by atoms with Crippen molar-refractivity contribution in [3.63, 3.8) is 0 Å². The molecule has 1 saturated heterocycles. The molecule has 2 rings (SSSR count). The van der Waals surface area contributed by atoms with Gasteiger partial charge in [0.15, 0.2) is 6.61 Å². The van der Waals surface area contributed by atoms with Gasteiger partial charge in [0.2, 0.25) is 0 Å². The molecule has 0 spiro atoms. The van der Waals surface area contributed by atoms with Gasteiger partial charge in [0.1, 0.15) is 5.75 Å². The molecular formula is C14H20N2O4. The van der Waals surface area contributed by atoms with E-state index < -0.39 is 0 Å². The van der Waals surface area contributed by atoms with E-state index >= 15 is 0 Å². The monoisotopic (exact) mass is 280 g/mol. The van der Waals surface area contributed by atoms with Gasteiger partial charge >= 0.3 is 0 Å². The minimum atomic E-state index is -0.262. The predicted octanol–water partition coefficient (Wildman–Crippen LogP) is 0.366. The van der Waals surface area contributed by atoms with Crippen LogP contribution in [0, 0.1) is 5.41 Å². The van der Waals surface area contributed by atoms with Crippen molar-refractivity contribution in [3.05, 3.63) is 24.5 Å². The van der Waals surface area contributed by atoms with Crippen molar-refractivity contribution in [1.82, 2.24) is 10.3 Å². The summed E-state index contributed by atoms with van der Waals surface area (Å²) in [6.07, 6.45) is 4.71. The Bertz CT molecular complexity index is 418. The number of rotatable bonds is 6. The molecule has 0 unspecified atom stereocenters. The summed E-state index contributed by atoms with van der Waals surface area (Å²) in [6, 6.07) is 3.49. The lowest BCUT2D eigenvalue weighted by molar-refractivity contribution is -0.124. The maximum atomic E-state index is 11.7. The Morgan fingerprint density at radius 2 is 2.30 bits per heavy atom. The van der Waals surface area contributed by atoms with Crippen LogP contribution in [0.25, 0.3) is 0 Å². The molecule has 0 aliphatic carbocycles. The average molecular weight is 280 g/mol. The molecule has 1 aliphatic heterocycles. The number of carbonyl (C=O) groups is 1. The lowest BCUT2D eigenvalue weighted by Gasteiger charge is -2.35. The molecule has 1 fully saturated rings. The lowest BCUT2D eigenvalue weighted by atomic mass is 9.81. The topological polar surface area (TPSA) is 80.7 Å². The maximum Gasteiger partial charge on any atom is 0.257 e. The number of aliphatic hydroxyl groups excluding tert-OH is 1. The summed E-state index contributed by atoms with van der Waals surface area (Å²) in [5, 5.41) is 12.3. The fraction of sp³-hybridized carbons (Fsp3) is 0.571. The van der Waals surface area contributed by atoms with E-state index in [2.05, 4.69) is 10.3 Å². The van der Waals surface area contributed by atoms with Crippen molar-refractivity contribution in [2.24, 2.45) is 5.41 Å². The molecule has 2 heterocycles. The van der Waals surface area contributed by atoms with Crippen LogP contribution in [0.15, 0.2) is 24.5 Å². The van der Waals surface area contributed by atoms with Crippen molar-refractivity contribution >= 4 is 5.91 Å². The minimum absolute atomic E-state index is 0.0519. The molecule has 1 aromatic heterocycles. The van der Waals surface area contributed by atoms with Crippen molar-refractivity contribution in [2.45, 2.75) is 12.8 Å². The Morgan fingerprint density at radius 3 is 2.95 bits per heavy atom. The number of pyridine rings is 1. The van der Waals surface area contributed by atoms with Crippen LogP contribution in [0.3, 0.4) is 0 Å². The van der Waals surface area contributed by atoms with Gasteiger partial charge in [-0.2, -0.15) is 0 Å². The molecule has 0 aromatic carbocycles. The second-order valence-corrected chi connectivity index (χ2v) is 5.02. The molecule has 1 aromatic rings. The number of ether oxygens (including phenoxy) is 2. The first-order valence-electron chi connectivity index (χ1n) is 6.72. The van der Waals surface area contributed by atoms with Crippen LogP contribution < -0.4 is 10.1 Å². The first kappa shape index (κ1) is 14.7. The number of aliphatic hydroxyl groups is 1. The highest BCUT2D eigenvalue weighted by molar-refractivity contribution is 5.77. The van der Waals surface area contributed by atoms with Gasteiger partial charge in [-0.3, -0.25) is 9.78 Å². The number of carbonyl (C=O) groups excluding carboxylic acids is 1. The molecule has 0 saturated carbocycles. The molecule has 2 N–H and O–H groups in total. The van der Waals surface area contributed by atoms with Crippen LogP contribution >= 0.6 is 0 Å². The van der Waals surface area contributed by atoms with E-state index in [-0.39, 0.29) is 24.5 Å². The predicted molar refractivity (Wildman–Crippen MR) is 72.3 cm³/mol. The second kappa shape index (κ2) is 7.21. The highest BCUT2D eigenvalue weighted by atomic mass is 16.5. The number of nitrogens with zero attached hydrogens (tertiary/aromatic N) is 1. The molecular weight excluding hydrogens is 260 g/mol. The summed E-state index contributed by atoms with van der Waals surface area (Å²) >= 11 is 0. The highest BCUT2D eigenvalue weighted by Gasteiger charge is 2.32. The highest BCUT2D eigenvalue weighted by Crippen LogP contribution is 2.28. The van der Waals surface area contributed by atoms with Crippen LogP contribution in [0.1, 0.15) is 12.8 Å². The van der Waals surface area contributed by atoms with E-state index in [1.165, 1.54) is 0 Å². The molecule has 1 amide bonds. The Hall–Kier alpha value is -1.66. The Morgan fingerprint density at radius 1 is 1.50 bits per heavy atom. The third kappa shape index (κ3) is 4.18. The first-order chi connectivity index (χ1) is 9.74. The van der Waals surface area contributed by atoms with E-state index in [1.807, 2.05) is 0 Å². The summed E-state index contributed by atoms with van der Waals surface area (Å²) in [5.74, 6) is 0.360. The molecule has 20 heavy (non-hydrogen) atoms. The number of hydrogen-bond acceptors (Lipinski definition) is 5. The van der Waals surface area contributed by atoms with Gasteiger partial charge in [-0.05, 0) is 25.0 Å². The van der Waals surface area contributed by atoms with Gasteiger partial charge < -0.3 is 19.9 Å². The van der Waals surface area contributed by atoms with Crippen molar-refractivity contribution in [1.29, 1.82) is 0 Å². The van der Waals surface area contributed by atoms with Gasteiger partial charge in [-0.15, -0.1) is 0 Å². The molecule has 0 radical (unpaired) electrons. The number of aromatic nitrogens is 1. The standard InChI is InChI=1S/C14H20N2O4/c17-11-14(3-6-19-7-4-14)10-16-13(18)9-20-12-2-1-5-15-8-12/h1-2,5,8,17H,3-4,6-7,9-11H2,(H,16,18). The first-order valence-corrected chi connectivity index (χ1v) is 6.72. The van der Waals surface area contributed by atoms with Crippen LogP contribution in [-0.2, 0) is 9.53 Å². The minimum Gasteiger partial charge on any atom is -0.482 e. The van der Waals surface area contributed by atoms with E-state index in [1.54, 1.807) is 24.5 Å². The van der Waals surface area contributed by atoms with Crippen molar-refractivity contribution < 1.29 is 19.4 Å². The van der Waals surface area contributed by atoms with Crippen LogP contribution in [0.5, 0.6) is 5.75 Å².